The number of likely N-dealkylation sites (tertiary alicyclic amines) is 1. The van der Waals surface area contributed by atoms with Crippen molar-refractivity contribution in [2.75, 3.05) is 25.0 Å². The average molecular weight is 253 g/mol. The van der Waals surface area contributed by atoms with Crippen molar-refractivity contribution in [2.45, 2.75) is 18.9 Å². The summed E-state index contributed by atoms with van der Waals surface area (Å²) in [6.45, 7) is 6.91. The molecule has 1 aromatic heterocycles. The first-order chi connectivity index (χ1) is 8.29. The van der Waals surface area contributed by atoms with Crippen LogP contribution >= 0.6 is 11.6 Å². The highest BCUT2D eigenvalue weighted by Gasteiger charge is 2.19. The fourth-order valence-corrected chi connectivity index (χ4v) is 2.21. The number of nitrogens with one attached hydrogen (secondary N) is 1. The summed E-state index contributed by atoms with van der Waals surface area (Å²) in [6, 6.07) is 0.448. The number of aromatic nitrogens is 2. The molecule has 17 heavy (non-hydrogen) atoms. The Balaban J connectivity index is 1.86. The van der Waals surface area contributed by atoms with E-state index < -0.39 is 0 Å². The second kappa shape index (κ2) is 5.98. The summed E-state index contributed by atoms with van der Waals surface area (Å²) in [7, 11) is 0. The Bertz CT molecular complexity index is 375. The molecule has 1 aliphatic heterocycles. The maximum Gasteiger partial charge on any atom is 0.148 e. The smallest absolute Gasteiger partial charge is 0.148 e. The summed E-state index contributed by atoms with van der Waals surface area (Å²) in [5.41, 5.74) is 0. The Morgan fingerprint density at radius 2 is 2.29 bits per heavy atom. The Kier molecular flexibility index (Phi) is 4.34. The normalized spacial score (nSPS) is 17.9. The summed E-state index contributed by atoms with van der Waals surface area (Å²) in [5, 5.41) is 3.96. The van der Waals surface area contributed by atoms with Crippen LogP contribution < -0.4 is 5.32 Å². The van der Waals surface area contributed by atoms with Crippen molar-refractivity contribution in [3.8, 4) is 0 Å². The van der Waals surface area contributed by atoms with Crippen molar-refractivity contribution in [3.63, 3.8) is 0 Å². The van der Waals surface area contributed by atoms with E-state index in [1.807, 2.05) is 6.08 Å². The minimum Gasteiger partial charge on any atom is -0.366 e. The third-order valence-electron chi connectivity index (χ3n) is 2.98. The zero-order valence-corrected chi connectivity index (χ0v) is 10.5. The molecule has 0 bridgehead atoms. The molecule has 1 saturated heterocycles. The molecule has 1 N–H and O–H groups in total. The maximum absolute atomic E-state index is 6.01. The van der Waals surface area contributed by atoms with Gasteiger partial charge < -0.3 is 5.32 Å². The fraction of sp³-hybridized carbons (Fsp3) is 0.500. The van der Waals surface area contributed by atoms with Crippen LogP contribution in [0.25, 0.3) is 0 Å². The Morgan fingerprint density at radius 3 is 2.94 bits per heavy atom. The predicted octanol–water partition coefficient (Wildman–Crippen LogP) is 2.19. The van der Waals surface area contributed by atoms with Crippen molar-refractivity contribution in [1.29, 1.82) is 0 Å². The van der Waals surface area contributed by atoms with Gasteiger partial charge in [-0.05, 0) is 12.8 Å². The first-order valence-corrected chi connectivity index (χ1v) is 6.22. The lowest BCUT2D eigenvalue weighted by Crippen LogP contribution is -2.39. The van der Waals surface area contributed by atoms with E-state index in [-0.39, 0.29) is 0 Å². The van der Waals surface area contributed by atoms with Gasteiger partial charge in [0.15, 0.2) is 0 Å². The van der Waals surface area contributed by atoms with E-state index in [4.69, 9.17) is 11.6 Å². The highest BCUT2D eigenvalue weighted by molar-refractivity contribution is 6.32. The molecule has 0 atom stereocenters. The first-order valence-electron chi connectivity index (χ1n) is 5.85. The minimum atomic E-state index is 0.448. The molecule has 5 heteroatoms. The molecule has 2 heterocycles. The molecule has 0 radical (unpaired) electrons. The minimum absolute atomic E-state index is 0.448. The van der Waals surface area contributed by atoms with Crippen molar-refractivity contribution in [3.05, 3.63) is 30.2 Å². The molecule has 1 aliphatic rings. The number of hydrogen-bond donors (Lipinski definition) is 1. The van der Waals surface area contributed by atoms with E-state index in [2.05, 4.69) is 26.8 Å². The van der Waals surface area contributed by atoms with Gasteiger partial charge in [0.2, 0.25) is 0 Å². The van der Waals surface area contributed by atoms with Gasteiger partial charge in [0.05, 0.1) is 6.20 Å². The molecule has 1 fully saturated rings. The van der Waals surface area contributed by atoms with Crippen LogP contribution in [0.4, 0.5) is 5.82 Å². The fourth-order valence-electron chi connectivity index (χ4n) is 2.05. The lowest BCUT2D eigenvalue weighted by molar-refractivity contribution is 0.240. The predicted molar refractivity (Wildman–Crippen MR) is 70.3 cm³/mol. The van der Waals surface area contributed by atoms with E-state index in [0.717, 1.165) is 38.3 Å². The van der Waals surface area contributed by atoms with E-state index >= 15 is 0 Å². The van der Waals surface area contributed by atoms with Gasteiger partial charge in [-0.25, -0.2) is 9.97 Å². The lowest BCUT2D eigenvalue weighted by atomic mass is 10.1. The lowest BCUT2D eigenvalue weighted by Gasteiger charge is -2.31. The second-order valence-corrected chi connectivity index (χ2v) is 4.63. The van der Waals surface area contributed by atoms with Crippen molar-refractivity contribution >= 4 is 17.4 Å². The zero-order chi connectivity index (χ0) is 12.1. The summed E-state index contributed by atoms with van der Waals surface area (Å²) < 4.78 is 0. The Hall–Kier alpha value is -1.13. The van der Waals surface area contributed by atoms with Crippen molar-refractivity contribution < 1.29 is 0 Å². The number of hydrogen-bond acceptors (Lipinski definition) is 4. The van der Waals surface area contributed by atoms with Gasteiger partial charge in [0.25, 0.3) is 0 Å². The molecule has 0 amide bonds. The van der Waals surface area contributed by atoms with Crippen LogP contribution in [0.15, 0.2) is 25.2 Å². The maximum atomic E-state index is 6.01. The Morgan fingerprint density at radius 1 is 1.53 bits per heavy atom. The van der Waals surface area contributed by atoms with Crippen LogP contribution in [-0.4, -0.2) is 40.5 Å². The molecular formula is C12H17ClN4. The second-order valence-electron chi connectivity index (χ2n) is 4.23. The van der Waals surface area contributed by atoms with Gasteiger partial charge in [-0.15, -0.1) is 6.58 Å². The molecule has 0 spiro atoms. The van der Waals surface area contributed by atoms with E-state index in [1.165, 1.54) is 6.33 Å². The third kappa shape index (κ3) is 3.41. The van der Waals surface area contributed by atoms with Gasteiger partial charge in [-0.2, -0.15) is 0 Å². The third-order valence-corrected chi connectivity index (χ3v) is 3.26. The summed E-state index contributed by atoms with van der Waals surface area (Å²) >= 11 is 6.01. The van der Waals surface area contributed by atoms with Gasteiger partial charge >= 0.3 is 0 Å². The number of anilines is 1. The first kappa shape index (κ1) is 12.3. The largest absolute Gasteiger partial charge is 0.366 e. The number of rotatable bonds is 4. The van der Waals surface area contributed by atoms with Crippen molar-refractivity contribution in [1.82, 2.24) is 14.9 Å². The van der Waals surface area contributed by atoms with Crippen LogP contribution in [0.3, 0.4) is 0 Å². The van der Waals surface area contributed by atoms with E-state index in [1.54, 1.807) is 6.20 Å². The highest BCUT2D eigenvalue weighted by atomic mass is 35.5. The molecule has 4 nitrogen and oxygen atoms in total. The van der Waals surface area contributed by atoms with E-state index in [9.17, 15) is 0 Å². The van der Waals surface area contributed by atoms with Crippen LogP contribution in [-0.2, 0) is 0 Å². The van der Waals surface area contributed by atoms with Gasteiger partial charge in [0, 0.05) is 25.7 Å². The molecule has 1 aromatic rings. The van der Waals surface area contributed by atoms with Crippen LogP contribution in [0.5, 0.6) is 0 Å². The van der Waals surface area contributed by atoms with Gasteiger partial charge in [-0.1, -0.05) is 17.7 Å². The molecule has 0 aromatic carbocycles. The standard InChI is InChI=1S/C12H17ClN4/c1-2-5-17-6-3-10(4-7-17)16-12-11(13)8-14-9-15-12/h2,8-10H,1,3-7H2,(H,14,15,16). The number of nitrogens with zero attached hydrogens (tertiary/aromatic N) is 3. The SMILES string of the molecule is C=CCN1CCC(Nc2ncncc2Cl)CC1. The summed E-state index contributed by atoms with van der Waals surface area (Å²) in [6.07, 6.45) is 7.29. The van der Waals surface area contributed by atoms with Gasteiger partial charge in [0.1, 0.15) is 17.2 Å². The average Bonchev–Trinajstić information content (AvgIpc) is 2.35. The molecule has 0 saturated carbocycles. The quantitative estimate of drug-likeness (QED) is 0.834. The van der Waals surface area contributed by atoms with E-state index in [0.29, 0.717) is 11.1 Å². The van der Waals surface area contributed by atoms with Crippen LogP contribution in [0.2, 0.25) is 5.02 Å². The Labute approximate surface area is 107 Å². The molecule has 92 valence electrons. The number of piperidine rings is 1. The van der Waals surface area contributed by atoms with Crippen LogP contribution in [0, 0.1) is 0 Å². The monoisotopic (exact) mass is 252 g/mol. The molecule has 0 aliphatic carbocycles. The summed E-state index contributed by atoms with van der Waals surface area (Å²) in [4.78, 5) is 10.4. The summed E-state index contributed by atoms with van der Waals surface area (Å²) in [5.74, 6) is 0.740. The zero-order valence-electron chi connectivity index (χ0n) is 9.77. The van der Waals surface area contributed by atoms with Crippen LogP contribution in [0.1, 0.15) is 12.8 Å². The van der Waals surface area contributed by atoms with Crippen molar-refractivity contribution in [2.24, 2.45) is 0 Å². The highest BCUT2D eigenvalue weighted by Crippen LogP contribution is 2.20. The molecule has 0 unspecified atom stereocenters. The topological polar surface area (TPSA) is 41.0 Å². The number of halogens is 1. The van der Waals surface area contributed by atoms with Gasteiger partial charge in [-0.3, -0.25) is 4.90 Å². The molecular weight excluding hydrogens is 236 g/mol. The molecule has 2 rings (SSSR count).